The van der Waals surface area contributed by atoms with Crippen LogP contribution in [0.3, 0.4) is 0 Å². The number of fused-ring (bicyclic) bond motifs is 1. The van der Waals surface area contributed by atoms with E-state index >= 15 is 0 Å². The van der Waals surface area contributed by atoms with E-state index in [1.807, 2.05) is 54.6 Å². The summed E-state index contributed by atoms with van der Waals surface area (Å²) in [5, 5.41) is 17.3. The first-order valence-corrected chi connectivity index (χ1v) is 7.68. The van der Waals surface area contributed by atoms with E-state index in [1.54, 1.807) is 6.07 Å². The van der Waals surface area contributed by atoms with Crippen molar-refractivity contribution in [3.63, 3.8) is 0 Å². The van der Waals surface area contributed by atoms with Crippen molar-refractivity contribution >= 4 is 34.9 Å². The summed E-state index contributed by atoms with van der Waals surface area (Å²) in [5.74, 6) is 0.0472. The number of hydrogen-bond donors (Lipinski definition) is 3. The van der Waals surface area contributed by atoms with Gasteiger partial charge in [0.05, 0.1) is 11.2 Å². The maximum atomic E-state index is 12.5. The number of aromatic amines is 2. The molecule has 0 aliphatic rings. The van der Waals surface area contributed by atoms with E-state index in [0.29, 0.717) is 11.5 Å². The fourth-order valence-corrected chi connectivity index (χ4v) is 2.57. The lowest BCUT2D eigenvalue weighted by Gasteiger charge is -2.05. The number of benzene rings is 2. The molecule has 2 aromatic carbocycles. The molecule has 0 spiro atoms. The van der Waals surface area contributed by atoms with Crippen LogP contribution in [0.15, 0.2) is 54.9 Å². The van der Waals surface area contributed by atoms with Crippen LogP contribution in [0.4, 0.5) is 5.95 Å². The molecule has 4 rings (SSSR count). The van der Waals surface area contributed by atoms with Crippen LogP contribution in [0.1, 0.15) is 21.6 Å². The molecule has 0 aliphatic heterocycles. The molecule has 1 amide bonds. The quantitative estimate of drug-likeness (QED) is 0.535. The Hall–Kier alpha value is -3.74. The lowest BCUT2D eigenvalue weighted by Crippen LogP contribution is -2.14. The summed E-state index contributed by atoms with van der Waals surface area (Å²) in [7, 11) is 0. The smallest absolute Gasteiger partial charge is 0.258 e. The van der Waals surface area contributed by atoms with Gasteiger partial charge in [0.25, 0.3) is 5.91 Å². The van der Waals surface area contributed by atoms with E-state index in [-0.39, 0.29) is 5.91 Å². The summed E-state index contributed by atoms with van der Waals surface area (Å²) in [6, 6.07) is 15.2. The zero-order valence-corrected chi connectivity index (χ0v) is 13.1. The first-order chi connectivity index (χ1) is 12.3. The van der Waals surface area contributed by atoms with Crippen LogP contribution in [-0.2, 0) is 0 Å². The summed E-state index contributed by atoms with van der Waals surface area (Å²) in [6.07, 6.45) is 5.10. The number of para-hydroxylation sites is 1. The van der Waals surface area contributed by atoms with Crippen LogP contribution in [-0.4, -0.2) is 31.3 Å². The highest BCUT2D eigenvalue weighted by molar-refractivity contribution is 6.06. The van der Waals surface area contributed by atoms with Gasteiger partial charge in [-0.15, -0.1) is 0 Å². The van der Waals surface area contributed by atoms with Crippen molar-refractivity contribution in [2.75, 3.05) is 5.32 Å². The van der Waals surface area contributed by atoms with E-state index in [2.05, 4.69) is 30.7 Å². The maximum absolute atomic E-state index is 12.5. The van der Waals surface area contributed by atoms with Gasteiger partial charge in [-0.05, 0) is 23.8 Å². The first kappa shape index (κ1) is 14.8. The summed E-state index contributed by atoms with van der Waals surface area (Å²) < 4.78 is 0. The van der Waals surface area contributed by atoms with Crippen molar-refractivity contribution < 1.29 is 4.79 Å². The van der Waals surface area contributed by atoms with E-state index in [4.69, 9.17) is 0 Å². The Balaban J connectivity index is 1.63. The summed E-state index contributed by atoms with van der Waals surface area (Å²) in [5.41, 5.74) is 3.11. The number of amides is 1. The molecule has 2 aromatic heterocycles. The zero-order valence-electron chi connectivity index (χ0n) is 13.1. The van der Waals surface area contributed by atoms with Gasteiger partial charge >= 0.3 is 0 Å². The van der Waals surface area contributed by atoms with Gasteiger partial charge in [-0.2, -0.15) is 15.2 Å². The molecule has 0 radical (unpaired) electrons. The second-order valence-corrected chi connectivity index (χ2v) is 5.36. The standard InChI is InChI=1S/C18H14N6O/c25-17(21-18-19-11-20-24-18)13-6-2-1-5-12(13)9-10-16-14-7-3-4-8-15(14)22-23-16/h1-11H,(H,22,23)(H2,19,20,21,24,25). The lowest BCUT2D eigenvalue weighted by molar-refractivity contribution is 0.102. The van der Waals surface area contributed by atoms with Crippen molar-refractivity contribution in [1.29, 1.82) is 0 Å². The molecule has 7 nitrogen and oxygen atoms in total. The molecule has 0 fully saturated rings. The third-order valence-corrected chi connectivity index (χ3v) is 3.77. The van der Waals surface area contributed by atoms with Gasteiger partial charge in [0.1, 0.15) is 6.33 Å². The number of rotatable bonds is 4. The SMILES string of the molecule is O=C(Nc1ncn[nH]1)c1ccccc1C=Cc1n[nH]c2ccccc12. The van der Waals surface area contributed by atoms with Crippen molar-refractivity contribution in [3.05, 3.63) is 71.7 Å². The second-order valence-electron chi connectivity index (χ2n) is 5.36. The molecular weight excluding hydrogens is 316 g/mol. The molecule has 0 saturated carbocycles. The molecule has 0 atom stereocenters. The van der Waals surface area contributed by atoms with E-state index in [1.165, 1.54) is 6.33 Å². The molecule has 0 aliphatic carbocycles. The number of carbonyl (C=O) groups excluding carboxylic acids is 1. The van der Waals surface area contributed by atoms with E-state index in [9.17, 15) is 4.79 Å². The molecule has 25 heavy (non-hydrogen) atoms. The van der Waals surface area contributed by atoms with Gasteiger partial charge in [-0.1, -0.05) is 42.5 Å². The van der Waals surface area contributed by atoms with E-state index < -0.39 is 0 Å². The molecule has 122 valence electrons. The Morgan fingerprint density at radius 1 is 1.00 bits per heavy atom. The van der Waals surface area contributed by atoms with Gasteiger partial charge < -0.3 is 0 Å². The minimum Gasteiger partial charge on any atom is -0.291 e. The van der Waals surface area contributed by atoms with Gasteiger partial charge in [0.2, 0.25) is 5.95 Å². The number of H-pyrrole nitrogens is 2. The minimum atomic E-state index is -0.260. The third kappa shape index (κ3) is 3.02. The molecule has 4 aromatic rings. The first-order valence-electron chi connectivity index (χ1n) is 7.68. The maximum Gasteiger partial charge on any atom is 0.258 e. The second kappa shape index (κ2) is 6.40. The number of aromatic nitrogens is 5. The third-order valence-electron chi connectivity index (χ3n) is 3.77. The van der Waals surface area contributed by atoms with Crippen LogP contribution in [0.2, 0.25) is 0 Å². The van der Waals surface area contributed by atoms with Crippen molar-refractivity contribution in [3.8, 4) is 0 Å². The minimum absolute atomic E-state index is 0.260. The van der Waals surface area contributed by atoms with Crippen molar-refractivity contribution in [2.24, 2.45) is 0 Å². The van der Waals surface area contributed by atoms with Gasteiger partial charge in [0.15, 0.2) is 0 Å². The molecule has 0 unspecified atom stereocenters. The van der Waals surface area contributed by atoms with Crippen molar-refractivity contribution in [1.82, 2.24) is 25.4 Å². The van der Waals surface area contributed by atoms with Gasteiger partial charge in [-0.3, -0.25) is 15.2 Å². The van der Waals surface area contributed by atoms with Gasteiger partial charge in [0, 0.05) is 10.9 Å². The summed E-state index contributed by atoms with van der Waals surface area (Å²) in [6.45, 7) is 0. The highest BCUT2D eigenvalue weighted by Gasteiger charge is 2.11. The largest absolute Gasteiger partial charge is 0.291 e. The highest BCUT2D eigenvalue weighted by atomic mass is 16.1. The predicted octanol–water partition coefficient (Wildman–Crippen LogP) is 3.10. The summed E-state index contributed by atoms with van der Waals surface area (Å²) >= 11 is 0. The molecule has 2 heterocycles. The molecule has 0 saturated heterocycles. The number of anilines is 1. The Labute approximate surface area is 142 Å². The Morgan fingerprint density at radius 2 is 1.84 bits per heavy atom. The fraction of sp³-hybridized carbons (Fsp3) is 0. The molecule has 3 N–H and O–H groups in total. The predicted molar refractivity (Wildman–Crippen MR) is 95.8 cm³/mol. The number of hydrogen-bond acceptors (Lipinski definition) is 4. The van der Waals surface area contributed by atoms with Crippen molar-refractivity contribution in [2.45, 2.75) is 0 Å². The average molecular weight is 330 g/mol. The highest BCUT2D eigenvalue weighted by Crippen LogP contribution is 2.19. The Morgan fingerprint density at radius 3 is 2.72 bits per heavy atom. The fourth-order valence-electron chi connectivity index (χ4n) is 2.57. The van der Waals surface area contributed by atoms with Crippen LogP contribution < -0.4 is 5.32 Å². The van der Waals surface area contributed by atoms with Crippen LogP contribution in [0.5, 0.6) is 0 Å². The Bertz CT molecular complexity index is 1050. The normalized spacial score (nSPS) is 11.2. The van der Waals surface area contributed by atoms with E-state index in [0.717, 1.165) is 22.2 Å². The molecule has 0 bridgehead atoms. The average Bonchev–Trinajstić information content (AvgIpc) is 3.30. The van der Waals surface area contributed by atoms with Crippen LogP contribution in [0.25, 0.3) is 23.1 Å². The van der Waals surface area contributed by atoms with Crippen LogP contribution in [0, 0.1) is 0 Å². The lowest BCUT2D eigenvalue weighted by atomic mass is 10.1. The topological polar surface area (TPSA) is 99.3 Å². The zero-order chi connectivity index (χ0) is 17.1. The molecular formula is C18H14N6O. The van der Waals surface area contributed by atoms with Gasteiger partial charge in [-0.25, -0.2) is 5.10 Å². The number of nitrogens with one attached hydrogen (secondary N) is 3. The monoisotopic (exact) mass is 330 g/mol. The number of carbonyl (C=O) groups is 1. The number of nitrogens with zero attached hydrogens (tertiary/aromatic N) is 3. The summed E-state index contributed by atoms with van der Waals surface area (Å²) in [4.78, 5) is 16.4. The van der Waals surface area contributed by atoms with Crippen LogP contribution >= 0.6 is 0 Å². The molecule has 7 heteroatoms. The Kier molecular flexibility index (Phi) is 3.80.